The van der Waals surface area contributed by atoms with Crippen molar-refractivity contribution >= 4 is 23.5 Å². The van der Waals surface area contributed by atoms with Crippen molar-refractivity contribution in [2.24, 2.45) is 0 Å². The van der Waals surface area contributed by atoms with E-state index in [4.69, 9.17) is 9.47 Å². The zero-order chi connectivity index (χ0) is 20.8. The molecular formula is C22H24N2O5. The first kappa shape index (κ1) is 20.4. The van der Waals surface area contributed by atoms with Gasteiger partial charge in [0, 0.05) is 11.7 Å². The third kappa shape index (κ3) is 4.74. The Morgan fingerprint density at radius 1 is 1.10 bits per heavy atom. The number of amides is 2. The number of hydrogen-bond acceptors (Lipinski definition) is 5. The molecule has 0 saturated carbocycles. The van der Waals surface area contributed by atoms with Gasteiger partial charge >= 0.3 is 5.97 Å². The number of ether oxygens (including phenoxy) is 2. The molecule has 7 nitrogen and oxygen atoms in total. The van der Waals surface area contributed by atoms with E-state index in [1.54, 1.807) is 29.2 Å². The van der Waals surface area contributed by atoms with Crippen LogP contribution in [0.2, 0.25) is 0 Å². The number of carbonyl (C=O) groups is 3. The van der Waals surface area contributed by atoms with Gasteiger partial charge in [-0.25, -0.2) is 0 Å². The number of benzene rings is 2. The Morgan fingerprint density at radius 2 is 1.83 bits per heavy atom. The van der Waals surface area contributed by atoms with Crippen molar-refractivity contribution in [1.29, 1.82) is 0 Å². The Labute approximate surface area is 169 Å². The number of anilines is 1. The van der Waals surface area contributed by atoms with Gasteiger partial charge in [-0.1, -0.05) is 30.3 Å². The molecule has 1 N–H and O–H groups in total. The van der Waals surface area contributed by atoms with Gasteiger partial charge in [0.15, 0.2) is 6.61 Å². The monoisotopic (exact) mass is 396 g/mol. The number of nitrogens with zero attached hydrogens (tertiary/aromatic N) is 1. The van der Waals surface area contributed by atoms with Crippen LogP contribution in [0, 0.1) is 0 Å². The molecule has 0 aromatic heterocycles. The van der Waals surface area contributed by atoms with Crippen molar-refractivity contribution in [3.05, 3.63) is 59.7 Å². The highest BCUT2D eigenvalue weighted by molar-refractivity contribution is 5.99. The topological polar surface area (TPSA) is 84.9 Å². The molecule has 0 unspecified atom stereocenters. The number of nitrogens with one attached hydrogen (secondary N) is 1. The third-order valence-electron chi connectivity index (χ3n) is 4.66. The van der Waals surface area contributed by atoms with Crippen LogP contribution in [-0.2, 0) is 20.7 Å². The number of carbonyl (C=O) groups excluding carboxylic acids is 3. The molecule has 0 aliphatic carbocycles. The Kier molecular flexibility index (Phi) is 6.49. The summed E-state index contributed by atoms with van der Waals surface area (Å²) in [5.74, 6) is -0.971. The number of esters is 1. The summed E-state index contributed by atoms with van der Waals surface area (Å²) in [6.45, 7) is 3.49. The van der Waals surface area contributed by atoms with Gasteiger partial charge in [0.1, 0.15) is 12.3 Å². The first-order valence-electron chi connectivity index (χ1n) is 9.57. The maximum absolute atomic E-state index is 12.5. The minimum absolute atomic E-state index is 0.00775. The van der Waals surface area contributed by atoms with Crippen LogP contribution >= 0.6 is 0 Å². The van der Waals surface area contributed by atoms with Crippen LogP contribution in [0.1, 0.15) is 29.8 Å². The van der Waals surface area contributed by atoms with Crippen molar-refractivity contribution in [2.75, 3.05) is 24.7 Å². The highest BCUT2D eigenvalue weighted by Crippen LogP contribution is 2.31. The van der Waals surface area contributed by atoms with Crippen molar-refractivity contribution in [3.63, 3.8) is 0 Å². The van der Waals surface area contributed by atoms with E-state index in [1.165, 1.54) is 0 Å². The second kappa shape index (κ2) is 9.23. The van der Waals surface area contributed by atoms with E-state index in [2.05, 4.69) is 5.32 Å². The lowest BCUT2D eigenvalue weighted by atomic mass is 10.1. The average Bonchev–Trinajstić information content (AvgIpc) is 3.06. The Balaban J connectivity index is 1.51. The molecule has 0 radical (unpaired) electrons. The smallest absolute Gasteiger partial charge is 0.325 e. The zero-order valence-electron chi connectivity index (χ0n) is 16.5. The Hall–Kier alpha value is -3.35. The third-order valence-corrected chi connectivity index (χ3v) is 4.66. The molecule has 3 rings (SSSR count). The van der Waals surface area contributed by atoms with Gasteiger partial charge in [-0.2, -0.15) is 0 Å². The average molecular weight is 396 g/mol. The van der Waals surface area contributed by atoms with Crippen LogP contribution in [0.25, 0.3) is 0 Å². The molecule has 0 spiro atoms. The largest absolute Gasteiger partial charge is 0.493 e. The minimum Gasteiger partial charge on any atom is -0.493 e. The molecule has 0 fully saturated rings. The second-order valence-electron chi connectivity index (χ2n) is 6.72. The fourth-order valence-corrected chi connectivity index (χ4v) is 3.39. The van der Waals surface area contributed by atoms with Crippen LogP contribution in [0.3, 0.4) is 0 Å². The quantitative estimate of drug-likeness (QED) is 0.726. The van der Waals surface area contributed by atoms with Gasteiger partial charge in [-0.3, -0.25) is 14.4 Å². The molecule has 29 heavy (non-hydrogen) atoms. The highest BCUT2D eigenvalue weighted by Gasteiger charge is 2.30. The Morgan fingerprint density at radius 3 is 2.62 bits per heavy atom. The highest BCUT2D eigenvalue weighted by atomic mass is 16.5. The van der Waals surface area contributed by atoms with Gasteiger partial charge in [0.25, 0.3) is 11.8 Å². The molecule has 1 aliphatic heterocycles. The lowest BCUT2D eigenvalue weighted by Gasteiger charge is -2.22. The van der Waals surface area contributed by atoms with Crippen molar-refractivity contribution in [1.82, 2.24) is 5.32 Å². The van der Waals surface area contributed by atoms with E-state index < -0.39 is 11.9 Å². The summed E-state index contributed by atoms with van der Waals surface area (Å²) in [4.78, 5) is 38.5. The number of rotatable bonds is 7. The molecular weight excluding hydrogens is 372 g/mol. The van der Waals surface area contributed by atoms with Gasteiger partial charge in [0.05, 0.1) is 12.2 Å². The second-order valence-corrected chi connectivity index (χ2v) is 6.72. The molecule has 0 bridgehead atoms. The number of hydrogen-bond donors (Lipinski definition) is 1. The molecule has 0 saturated heterocycles. The maximum Gasteiger partial charge on any atom is 0.325 e. The molecule has 2 amide bonds. The fourth-order valence-electron chi connectivity index (χ4n) is 3.39. The minimum atomic E-state index is -0.680. The summed E-state index contributed by atoms with van der Waals surface area (Å²) >= 11 is 0. The lowest BCUT2D eigenvalue weighted by molar-refractivity contribution is -0.146. The van der Waals surface area contributed by atoms with E-state index >= 15 is 0 Å². The fraction of sp³-hybridized carbons (Fsp3) is 0.318. The summed E-state index contributed by atoms with van der Waals surface area (Å²) < 4.78 is 10.5. The molecule has 1 atom stereocenters. The van der Waals surface area contributed by atoms with Crippen molar-refractivity contribution < 1.29 is 23.9 Å². The van der Waals surface area contributed by atoms with E-state index in [9.17, 15) is 14.4 Å². The van der Waals surface area contributed by atoms with E-state index in [0.29, 0.717) is 17.9 Å². The first-order valence-corrected chi connectivity index (χ1v) is 9.57. The molecule has 7 heteroatoms. The zero-order valence-corrected chi connectivity index (χ0v) is 16.5. The number of para-hydroxylation sites is 2. The van der Waals surface area contributed by atoms with Crippen LogP contribution in [0.5, 0.6) is 5.75 Å². The van der Waals surface area contributed by atoms with Gasteiger partial charge in [0.2, 0.25) is 0 Å². The predicted molar refractivity (Wildman–Crippen MR) is 108 cm³/mol. The van der Waals surface area contributed by atoms with Crippen LogP contribution < -0.4 is 15.0 Å². The molecule has 2 aromatic rings. The van der Waals surface area contributed by atoms with Crippen LogP contribution in [0.15, 0.2) is 48.5 Å². The SMILES string of the molecule is CCOc1ccccc1C(=O)NCC(=O)OCC(=O)N1c2ccccc2C[C@H]1C. The summed E-state index contributed by atoms with van der Waals surface area (Å²) in [5.41, 5.74) is 2.28. The predicted octanol–water partition coefficient (Wildman–Crippen LogP) is 2.34. The van der Waals surface area contributed by atoms with E-state index in [1.807, 2.05) is 38.1 Å². The summed E-state index contributed by atoms with van der Waals surface area (Å²) in [7, 11) is 0. The van der Waals surface area contributed by atoms with Crippen LogP contribution in [0.4, 0.5) is 5.69 Å². The number of fused-ring (bicyclic) bond motifs is 1. The van der Waals surface area contributed by atoms with Crippen molar-refractivity contribution in [2.45, 2.75) is 26.3 Å². The van der Waals surface area contributed by atoms with E-state index in [0.717, 1.165) is 17.7 Å². The molecule has 152 valence electrons. The summed E-state index contributed by atoms with van der Waals surface area (Å²) in [6.07, 6.45) is 0.769. The van der Waals surface area contributed by atoms with Gasteiger partial charge in [-0.05, 0) is 44.0 Å². The lowest BCUT2D eigenvalue weighted by Crippen LogP contribution is -2.39. The van der Waals surface area contributed by atoms with Crippen molar-refractivity contribution in [3.8, 4) is 5.75 Å². The molecule has 1 aliphatic rings. The van der Waals surface area contributed by atoms with Gasteiger partial charge < -0.3 is 19.7 Å². The summed E-state index contributed by atoms with van der Waals surface area (Å²) in [6, 6.07) is 14.5. The first-order chi connectivity index (χ1) is 14.0. The summed E-state index contributed by atoms with van der Waals surface area (Å²) in [5, 5.41) is 2.50. The Bertz CT molecular complexity index is 912. The normalized spacial score (nSPS) is 14.8. The maximum atomic E-state index is 12.5. The van der Waals surface area contributed by atoms with E-state index in [-0.39, 0.29) is 25.1 Å². The standard InChI is InChI=1S/C22H24N2O5/c1-3-28-19-11-7-5-9-17(19)22(27)23-13-21(26)29-14-20(25)24-15(2)12-16-8-4-6-10-18(16)24/h4-11,15H,3,12-14H2,1-2H3,(H,23,27)/t15-/m1/s1. The van der Waals surface area contributed by atoms with Gasteiger partial charge in [-0.15, -0.1) is 0 Å². The van der Waals surface area contributed by atoms with Crippen LogP contribution in [-0.4, -0.2) is 43.6 Å². The molecule has 1 heterocycles. The molecule has 2 aromatic carbocycles.